The molecule has 0 radical (unpaired) electrons. The number of rotatable bonds is 4. The molecule has 0 spiro atoms. The minimum atomic E-state index is -0.00272. The van der Waals surface area contributed by atoms with E-state index in [1.165, 1.54) is 18.2 Å². The maximum atomic E-state index is 9.40. The largest absolute Gasteiger partial charge is 0.506 e. The Morgan fingerprint density at radius 3 is 2.81 bits per heavy atom. The van der Waals surface area contributed by atoms with Gasteiger partial charge in [-0.1, -0.05) is 18.5 Å². The molecule has 1 aromatic rings. The third kappa shape index (κ3) is 3.64. The lowest BCUT2D eigenvalue weighted by molar-refractivity contribution is 0.231. The van der Waals surface area contributed by atoms with Crippen LogP contribution < -0.4 is 5.73 Å². The van der Waals surface area contributed by atoms with E-state index in [2.05, 4.69) is 4.99 Å². The van der Waals surface area contributed by atoms with Crippen LogP contribution in [0.2, 0.25) is 5.02 Å². The van der Waals surface area contributed by atoms with Crippen molar-refractivity contribution in [3.63, 3.8) is 0 Å². The molecule has 0 fully saturated rings. The molecule has 0 bridgehead atoms. The van der Waals surface area contributed by atoms with Gasteiger partial charge in [0.05, 0.1) is 34.4 Å². The van der Waals surface area contributed by atoms with Gasteiger partial charge in [-0.3, -0.25) is 5.41 Å². The molecule has 5 nitrogen and oxygen atoms in total. The molecule has 0 unspecified atom stereocenters. The quantitative estimate of drug-likeness (QED) is 0.745. The number of aliphatic imine (C=N–C) groups is 1. The van der Waals surface area contributed by atoms with Crippen molar-refractivity contribution in [1.82, 2.24) is 0 Å². The second-order valence-electron chi connectivity index (χ2n) is 4.50. The Morgan fingerprint density at radius 1 is 1.38 bits per heavy atom. The number of hydrogen-bond donors (Lipinski definition) is 3. The van der Waals surface area contributed by atoms with Crippen molar-refractivity contribution in [2.75, 3.05) is 6.61 Å². The summed E-state index contributed by atoms with van der Waals surface area (Å²) in [7, 11) is 0. The smallest absolute Gasteiger partial charge is 0.146 e. The molecule has 0 aromatic heterocycles. The zero-order valence-electron chi connectivity index (χ0n) is 11.6. The summed E-state index contributed by atoms with van der Waals surface area (Å²) in [5, 5.41) is 17.4. The van der Waals surface area contributed by atoms with Crippen molar-refractivity contribution in [3.05, 3.63) is 46.8 Å². The topological polar surface area (TPSA) is 91.7 Å². The average molecular weight is 306 g/mol. The summed E-state index contributed by atoms with van der Waals surface area (Å²) in [5.74, 6) is 0.437. The summed E-state index contributed by atoms with van der Waals surface area (Å²) in [5.41, 5.74) is 7.55. The summed E-state index contributed by atoms with van der Waals surface area (Å²) >= 11 is 5.85. The second kappa shape index (κ2) is 6.45. The molecule has 0 saturated carbocycles. The van der Waals surface area contributed by atoms with Crippen LogP contribution in [0.5, 0.6) is 5.75 Å². The zero-order chi connectivity index (χ0) is 15.4. The number of phenols is 1. The standard InChI is InChI=1S/C15H16ClN3O2/c1-2-5-21-15-8-13(11(17)7-12(15)18)19-9-3-4-14(20)10(16)6-9/h3-4,6-8,18,20H,2,5,17H2,1H3. The van der Waals surface area contributed by atoms with E-state index in [1.54, 1.807) is 12.1 Å². The predicted molar refractivity (Wildman–Crippen MR) is 84.5 cm³/mol. The van der Waals surface area contributed by atoms with E-state index in [-0.39, 0.29) is 16.5 Å². The molecular formula is C15H16ClN3O2. The molecule has 0 heterocycles. The minimum Gasteiger partial charge on any atom is -0.506 e. The summed E-state index contributed by atoms with van der Waals surface area (Å²) in [6.07, 6.45) is 3.99. The Hall–Kier alpha value is -2.27. The van der Waals surface area contributed by atoms with Crippen molar-refractivity contribution < 1.29 is 9.84 Å². The van der Waals surface area contributed by atoms with Gasteiger partial charge < -0.3 is 15.6 Å². The maximum Gasteiger partial charge on any atom is 0.146 e. The van der Waals surface area contributed by atoms with Gasteiger partial charge in [-0.05, 0) is 30.7 Å². The second-order valence-corrected chi connectivity index (χ2v) is 4.91. The van der Waals surface area contributed by atoms with Crippen LogP contribution in [0.1, 0.15) is 13.3 Å². The Balaban J connectivity index is 2.33. The average Bonchev–Trinajstić information content (AvgIpc) is 2.44. The van der Waals surface area contributed by atoms with E-state index in [1.807, 2.05) is 6.92 Å². The van der Waals surface area contributed by atoms with Gasteiger partial charge in [-0.15, -0.1) is 0 Å². The number of allylic oxidation sites excluding steroid dienone is 2. The molecule has 1 aromatic carbocycles. The molecule has 0 saturated heterocycles. The molecule has 6 heteroatoms. The zero-order valence-corrected chi connectivity index (χ0v) is 12.3. The van der Waals surface area contributed by atoms with E-state index < -0.39 is 0 Å². The van der Waals surface area contributed by atoms with Gasteiger partial charge in [0.25, 0.3) is 0 Å². The van der Waals surface area contributed by atoms with Crippen molar-refractivity contribution in [2.45, 2.75) is 13.3 Å². The summed E-state index contributed by atoms with van der Waals surface area (Å²) in [6, 6.07) is 4.63. The lowest BCUT2D eigenvalue weighted by Crippen LogP contribution is -2.19. The Labute approximate surface area is 127 Å². The first-order chi connectivity index (χ1) is 10.0. The summed E-state index contributed by atoms with van der Waals surface area (Å²) in [4.78, 5) is 4.37. The Morgan fingerprint density at radius 2 is 2.14 bits per heavy atom. The number of benzene rings is 1. The van der Waals surface area contributed by atoms with Gasteiger partial charge in [0.15, 0.2) is 0 Å². The molecule has 2 rings (SSSR count). The van der Waals surface area contributed by atoms with Crippen LogP contribution in [-0.2, 0) is 4.74 Å². The fourth-order valence-corrected chi connectivity index (χ4v) is 1.89. The minimum absolute atomic E-state index is 0.00272. The first-order valence-electron chi connectivity index (χ1n) is 6.49. The van der Waals surface area contributed by atoms with Crippen molar-refractivity contribution >= 4 is 28.7 Å². The highest BCUT2D eigenvalue weighted by Gasteiger charge is 2.15. The fourth-order valence-electron chi connectivity index (χ4n) is 1.72. The number of nitrogens with zero attached hydrogens (tertiary/aromatic N) is 1. The van der Waals surface area contributed by atoms with Crippen LogP contribution in [0, 0.1) is 5.41 Å². The van der Waals surface area contributed by atoms with Crippen LogP contribution in [0.4, 0.5) is 5.69 Å². The van der Waals surface area contributed by atoms with Gasteiger partial charge in [0.1, 0.15) is 11.5 Å². The number of phenolic OH excluding ortho intramolecular Hbond substituents is 1. The summed E-state index contributed by atoms with van der Waals surface area (Å²) in [6.45, 7) is 2.52. The highest BCUT2D eigenvalue weighted by molar-refractivity contribution is 6.32. The van der Waals surface area contributed by atoms with Gasteiger partial charge in [0.2, 0.25) is 0 Å². The van der Waals surface area contributed by atoms with Crippen LogP contribution in [0.15, 0.2) is 46.8 Å². The van der Waals surface area contributed by atoms with E-state index in [0.717, 1.165) is 6.42 Å². The number of hydrogen-bond acceptors (Lipinski definition) is 5. The van der Waals surface area contributed by atoms with Gasteiger partial charge in [-0.25, -0.2) is 4.99 Å². The highest BCUT2D eigenvalue weighted by Crippen LogP contribution is 2.28. The van der Waals surface area contributed by atoms with Gasteiger partial charge >= 0.3 is 0 Å². The van der Waals surface area contributed by atoms with Crippen LogP contribution in [0.3, 0.4) is 0 Å². The predicted octanol–water partition coefficient (Wildman–Crippen LogP) is 3.30. The van der Waals surface area contributed by atoms with Gasteiger partial charge in [0, 0.05) is 6.08 Å². The third-order valence-corrected chi connectivity index (χ3v) is 3.07. The van der Waals surface area contributed by atoms with E-state index >= 15 is 0 Å². The van der Waals surface area contributed by atoms with Crippen LogP contribution in [-0.4, -0.2) is 23.1 Å². The SMILES string of the molecule is CCCOC1=CC(=Nc2ccc(O)c(Cl)c2)C(N)=CC1=N. The van der Waals surface area contributed by atoms with Gasteiger partial charge in [-0.2, -0.15) is 0 Å². The number of nitrogens with one attached hydrogen (secondary N) is 1. The van der Waals surface area contributed by atoms with Crippen LogP contribution in [0.25, 0.3) is 0 Å². The fraction of sp³-hybridized carbons (Fsp3) is 0.200. The van der Waals surface area contributed by atoms with Crippen molar-refractivity contribution in [2.24, 2.45) is 10.7 Å². The van der Waals surface area contributed by atoms with Crippen molar-refractivity contribution in [3.8, 4) is 5.75 Å². The normalized spacial score (nSPS) is 16.7. The first-order valence-corrected chi connectivity index (χ1v) is 6.87. The molecule has 4 N–H and O–H groups in total. The molecule has 110 valence electrons. The molecule has 21 heavy (non-hydrogen) atoms. The van der Waals surface area contributed by atoms with E-state index in [9.17, 15) is 5.11 Å². The number of ether oxygens (including phenoxy) is 1. The molecular weight excluding hydrogens is 290 g/mol. The van der Waals surface area contributed by atoms with Crippen LogP contribution >= 0.6 is 11.6 Å². The summed E-state index contributed by atoms with van der Waals surface area (Å²) < 4.78 is 5.49. The van der Waals surface area contributed by atoms with E-state index in [4.69, 9.17) is 27.5 Å². The van der Waals surface area contributed by atoms with Crippen molar-refractivity contribution in [1.29, 1.82) is 5.41 Å². The molecule has 1 aliphatic rings. The number of nitrogens with two attached hydrogens (primary N) is 1. The number of halogens is 1. The lowest BCUT2D eigenvalue weighted by Gasteiger charge is -2.15. The molecule has 1 aliphatic carbocycles. The molecule has 0 aliphatic heterocycles. The maximum absolute atomic E-state index is 9.40. The molecule has 0 amide bonds. The third-order valence-electron chi connectivity index (χ3n) is 2.77. The lowest BCUT2D eigenvalue weighted by atomic mass is 10.1. The molecule has 0 atom stereocenters. The van der Waals surface area contributed by atoms with E-state index in [0.29, 0.717) is 29.5 Å². The monoisotopic (exact) mass is 305 g/mol. The first kappa shape index (κ1) is 15.1. The highest BCUT2D eigenvalue weighted by atomic mass is 35.5. The number of aromatic hydroxyl groups is 1. The Bertz CT molecular complexity index is 663. The Kier molecular flexibility index (Phi) is 4.65.